The number of hydrogen-bond donors (Lipinski definition) is 3. The van der Waals surface area contributed by atoms with Crippen LogP contribution in [0.15, 0.2) is 0 Å². The van der Waals surface area contributed by atoms with Crippen molar-refractivity contribution in [2.24, 2.45) is 0 Å². The second kappa shape index (κ2) is 4.70. The smallest absolute Gasteiger partial charge is 0.302 e. The Morgan fingerprint density at radius 1 is 1.64 bits per heavy atom. The van der Waals surface area contributed by atoms with Gasteiger partial charge in [0, 0.05) is 6.92 Å². The molecule has 1 rings (SSSR count). The van der Waals surface area contributed by atoms with Gasteiger partial charge >= 0.3 is 5.97 Å². The molecule has 0 aromatic rings. The summed E-state index contributed by atoms with van der Waals surface area (Å²) in [6.45, 7) is 0.945. The van der Waals surface area contributed by atoms with E-state index in [2.05, 4.69) is 4.74 Å². The van der Waals surface area contributed by atoms with Gasteiger partial charge in [-0.25, -0.2) is 0 Å². The Hall–Kier alpha value is -0.690. The summed E-state index contributed by atoms with van der Waals surface area (Å²) in [5.41, 5.74) is 0. The van der Waals surface area contributed by atoms with Crippen LogP contribution in [0.25, 0.3) is 0 Å². The normalized spacial score (nSPS) is 34.1. The quantitative estimate of drug-likeness (QED) is 0.464. The molecule has 0 radical (unpaired) electrons. The van der Waals surface area contributed by atoms with Gasteiger partial charge in [-0.3, -0.25) is 4.79 Å². The highest BCUT2D eigenvalue weighted by Crippen LogP contribution is 2.17. The average molecular weight is 206 g/mol. The molecule has 1 aliphatic heterocycles. The van der Waals surface area contributed by atoms with Crippen molar-refractivity contribution in [1.29, 1.82) is 0 Å². The zero-order chi connectivity index (χ0) is 10.7. The second-order valence-corrected chi connectivity index (χ2v) is 3.23. The zero-order valence-electron chi connectivity index (χ0n) is 7.79. The fourth-order valence-electron chi connectivity index (χ4n) is 1.26. The molecular formula is C8H14O6. The largest absolute Gasteiger partial charge is 0.463 e. The SMILES string of the molecule is CC(=O)OC[C@@H](O)[C@H]1OCC(O)[C@H]1O. The summed E-state index contributed by atoms with van der Waals surface area (Å²) in [4.78, 5) is 10.4. The zero-order valence-corrected chi connectivity index (χ0v) is 7.79. The van der Waals surface area contributed by atoms with Crippen LogP contribution in [0.3, 0.4) is 0 Å². The lowest BCUT2D eigenvalue weighted by Crippen LogP contribution is -2.41. The molecule has 1 heterocycles. The third-order valence-corrected chi connectivity index (χ3v) is 2.03. The van der Waals surface area contributed by atoms with E-state index in [0.717, 1.165) is 0 Å². The van der Waals surface area contributed by atoms with E-state index in [1.54, 1.807) is 0 Å². The van der Waals surface area contributed by atoms with Crippen LogP contribution in [0.5, 0.6) is 0 Å². The Balaban J connectivity index is 2.37. The first kappa shape index (κ1) is 11.4. The van der Waals surface area contributed by atoms with E-state index >= 15 is 0 Å². The highest BCUT2D eigenvalue weighted by Gasteiger charge is 2.39. The topological polar surface area (TPSA) is 96.2 Å². The minimum atomic E-state index is -1.14. The maximum absolute atomic E-state index is 10.4. The maximum atomic E-state index is 10.4. The number of carbonyl (C=O) groups excluding carboxylic acids is 1. The molecule has 0 aromatic carbocycles. The number of carbonyl (C=O) groups is 1. The number of rotatable bonds is 3. The predicted octanol–water partition coefficient (Wildman–Crippen LogP) is -1.97. The summed E-state index contributed by atoms with van der Waals surface area (Å²) < 4.78 is 9.47. The molecule has 1 aliphatic rings. The molecule has 0 bridgehead atoms. The molecule has 0 aromatic heterocycles. The highest BCUT2D eigenvalue weighted by atomic mass is 16.6. The predicted molar refractivity (Wildman–Crippen MR) is 44.4 cm³/mol. The van der Waals surface area contributed by atoms with Crippen LogP contribution < -0.4 is 0 Å². The summed E-state index contributed by atoms with van der Waals surface area (Å²) in [7, 11) is 0. The van der Waals surface area contributed by atoms with E-state index in [4.69, 9.17) is 9.84 Å². The molecular weight excluding hydrogens is 192 g/mol. The number of hydrogen-bond acceptors (Lipinski definition) is 6. The van der Waals surface area contributed by atoms with Gasteiger partial charge in [-0.15, -0.1) is 0 Å². The molecule has 0 amide bonds. The molecule has 6 nitrogen and oxygen atoms in total. The summed E-state index contributed by atoms with van der Waals surface area (Å²) >= 11 is 0. The van der Waals surface area contributed by atoms with Gasteiger partial charge in [-0.2, -0.15) is 0 Å². The first-order valence-electron chi connectivity index (χ1n) is 4.31. The Labute approximate surface area is 81.1 Å². The summed E-state index contributed by atoms with van der Waals surface area (Å²) in [6, 6.07) is 0. The molecule has 6 heteroatoms. The number of esters is 1. The fraction of sp³-hybridized carbons (Fsp3) is 0.875. The molecule has 14 heavy (non-hydrogen) atoms. The lowest BCUT2D eigenvalue weighted by atomic mass is 10.1. The van der Waals surface area contributed by atoms with Crippen molar-refractivity contribution in [3.63, 3.8) is 0 Å². The van der Waals surface area contributed by atoms with Crippen molar-refractivity contribution in [3.8, 4) is 0 Å². The van der Waals surface area contributed by atoms with E-state index < -0.39 is 30.4 Å². The number of aliphatic hydroxyl groups excluding tert-OH is 3. The van der Waals surface area contributed by atoms with E-state index in [9.17, 15) is 15.0 Å². The van der Waals surface area contributed by atoms with Crippen LogP contribution in [-0.2, 0) is 14.3 Å². The monoisotopic (exact) mass is 206 g/mol. The lowest BCUT2D eigenvalue weighted by Gasteiger charge is -2.20. The van der Waals surface area contributed by atoms with Gasteiger partial charge in [0.2, 0.25) is 0 Å². The molecule has 1 fully saturated rings. The van der Waals surface area contributed by atoms with E-state index in [1.807, 2.05) is 0 Å². The number of ether oxygens (including phenoxy) is 2. The standard InChI is InChI=1S/C8H14O6/c1-4(9)13-3-6(11)8-7(12)5(10)2-14-8/h5-8,10-12H,2-3H2,1H3/t5?,6-,7-,8-/m1/s1. The van der Waals surface area contributed by atoms with Gasteiger partial charge in [-0.05, 0) is 0 Å². The second-order valence-electron chi connectivity index (χ2n) is 3.23. The highest BCUT2D eigenvalue weighted by molar-refractivity contribution is 5.65. The molecule has 0 saturated carbocycles. The fourth-order valence-corrected chi connectivity index (χ4v) is 1.26. The van der Waals surface area contributed by atoms with Crippen LogP contribution in [-0.4, -0.2) is 58.9 Å². The van der Waals surface area contributed by atoms with Gasteiger partial charge in [0.05, 0.1) is 6.61 Å². The Morgan fingerprint density at radius 3 is 2.71 bits per heavy atom. The first-order valence-corrected chi connectivity index (χ1v) is 4.31. The molecule has 4 atom stereocenters. The third kappa shape index (κ3) is 2.65. The summed E-state index contributed by atoms with van der Waals surface area (Å²) in [6.07, 6.45) is -4.15. The minimum absolute atomic E-state index is 0.0248. The number of aliphatic hydroxyl groups is 3. The molecule has 1 unspecified atom stereocenters. The Kier molecular flexibility index (Phi) is 3.82. The minimum Gasteiger partial charge on any atom is -0.463 e. The van der Waals surface area contributed by atoms with Gasteiger partial charge in [0.15, 0.2) is 0 Å². The van der Waals surface area contributed by atoms with E-state index in [0.29, 0.717) is 0 Å². The Bertz CT molecular complexity index is 206. The molecule has 1 saturated heterocycles. The Morgan fingerprint density at radius 2 is 2.29 bits per heavy atom. The summed E-state index contributed by atoms with van der Waals surface area (Å²) in [5.74, 6) is -0.517. The van der Waals surface area contributed by atoms with Gasteiger partial charge in [0.1, 0.15) is 31.0 Å². The van der Waals surface area contributed by atoms with Crippen LogP contribution in [0.1, 0.15) is 6.92 Å². The van der Waals surface area contributed by atoms with Crippen LogP contribution in [0.4, 0.5) is 0 Å². The van der Waals surface area contributed by atoms with Crippen molar-refractivity contribution >= 4 is 5.97 Å². The first-order chi connectivity index (χ1) is 6.52. The van der Waals surface area contributed by atoms with Crippen molar-refractivity contribution in [1.82, 2.24) is 0 Å². The van der Waals surface area contributed by atoms with Crippen molar-refractivity contribution in [3.05, 3.63) is 0 Å². The maximum Gasteiger partial charge on any atom is 0.302 e. The van der Waals surface area contributed by atoms with Crippen LogP contribution >= 0.6 is 0 Å². The van der Waals surface area contributed by atoms with Gasteiger partial charge in [-0.1, -0.05) is 0 Å². The average Bonchev–Trinajstić information content (AvgIpc) is 2.44. The van der Waals surface area contributed by atoms with Crippen molar-refractivity contribution in [2.75, 3.05) is 13.2 Å². The molecule has 0 aliphatic carbocycles. The van der Waals surface area contributed by atoms with Crippen LogP contribution in [0.2, 0.25) is 0 Å². The lowest BCUT2D eigenvalue weighted by molar-refractivity contribution is -0.148. The van der Waals surface area contributed by atoms with Gasteiger partial charge < -0.3 is 24.8 Å². The van der Waals surface area contributed by atoms with Crippen LogP contribution in [0, 0.1) is 0 Å². The molecule has 3 N–H and O–H groups in total. The van der Waals surface area contributed by atoms with Gasteiger partial charge in [0.25, 0.3) is 0 Å². The van der Waals surface area contributed by atoms with E-state index in [-0.39, 0.29) is 13.2 Å². The van der Waals surface area contributed by atoms with Crippen molar-refractivity contribution in [2.45, 2.75) is 31.3 Å². The third-order valence-electron chi connectivity index (χ3n) is 2.03. The van der Waals surface area contributed by atoms with E-state index in [1.165, 1.54) is 6.92 Å². The summed E-state index contributed by atoms with van der Waals surface area (Å²) in [5, 5.41) is 27.8. The van der Waals surface area contributed by atoms with Crippen molar-refractivity contribution < 1.29 is 29.6 Å². The molecule has 0 spiro atoms. The molecule has 82 valence electrons.